The Bertz CT molecular complexity index is 591. The second kappa shape index (κ2) is 7.73. The van der Waals surface area contributed by atoms with Gasteiger partial charge in [0.25, 0.3) is 0 Å². The summed E-state index contributed by atoms with van der Waals surface area (Å²) in [6.45, 7) is 1.14. The van der Waals surface area contributed by atoms with E-state index in [2.05, 4.69) is 10.4 Å². The van der Waals surface area contributed by atoms with Crippen LogP contribution in [0.4, 0.5) is 5.69 Å². The van der Waals surface area contributed by atoms with Gasteiger partial charge in [-0.15, -0.1) is 0 Å². The highest BCUT2D eigenvalue weighted by Crippen LogP contribution is 2.25. The first-order chi connectivity index (χ1) is 10.5. The smallest absolute Gasteiger partial charge is 0.225 e. The normalized spacial score (nSPS) is 16.0. The van der Waals surface area contributed by atoms with Gasteiger partial charge in [-0.3, -0.25) is 9.48 Å². The van der Waals surface area contributed by atoms with Gasteiger partial charge in [0.15, 0.2) is 9.84 Å². The summed E-state index contributed by atoms with van der Waals surface area (Å²) in [5.41, 5.74) is 0.569. The molecule has 0 saturated heterocycles. The van der Waals surface area contributed by atoms with Crippen molar-refractivity contribution in [2.75, 3.05) is 24.8 Å². The summed E-state index contributed by atoms with van der Waals surface area (Å²) in [6.07, 6.45) is 6.63. The molecule has 8 heteroatoms. The lowest BCUT2D eigenvalue weighted by Gasteiger charge is -2.10. The Morgan fingerprint density at radius 2 is 2.18 bits per heavy atom. The monoisotopic (exact) mass is 329 g/mol. The molecule has 1 fully saturated rings. The molecule has 0 bridgehead atoms. The van der Waals surface area contributed by atoms with Crippen LogP contribution >= 0.6 is 0 Å². The lowest BCUT2D eigenvalue weighted by molar-refractivity contribution is -0.115. The first-order valence-corrected chi connectivity index (χ1v) is 9.25. The fraction of sp³-hybridized carbons (Fsp3) is 0.714. The minimum absolute atomic E-state index is 0.0118. The molecule has 0 aliphatic heterocycles. The molecule has 1 heterocycles. The molecule has 1 aromatic rings. The minimum atomic E-state index is -3.15. The van der Waals surface area contributed by atoms with Crippen molar-refractivity contribution in [3.8, 4) is 0 Å². The van der Waals surface area contributed by atoms with E-state index >= 15 is 0 Å². The number of carbonyl (C=O) groups is 1. The molecule has 0 atom stereocenters. The second-order valence-electron chi connectivity index (χ2n) is 5.56. The lowest BCUT2D eigenvalue weighted by atomic mass is 10.4. The van der Waals surface area contributed by atoms with Gasteiger partial charge in [0.2, 0.25) is 5.91 Å². The molecule has 0 unspecified atom stereocenters. The summed E-state index contributed by atoms with van der Waals surface area (Å²) in [5, 5.41) is 6.50. The fourth-order valence-corrected chi connectivity index (χ4v) is 4.46. The number of hydrogen-bond donors (Lipinski definition) is 1. The summed E-state index contributed by atoms with van der Waals surface area (Å²) >= 11 is 0. The fourth-order valence-electron chi connectivity index (χ4n) is 2.61. The molecule has 1 saturated carbocycles. The van der Waals surface area contributed by atoms with Crippen molar-refractivity contribution < 1.29 is 17.9 Å². The molecule has 1 aliphatic carbocycles. The van der Waals surface area contributed by atoms with Gasteiger partial charge in [-0.05, 0) is 12.8 Å². The summed E-state index contributed by atoms with van der Waals surface area (Å²) < 4.78 is 30.8. The predicted octanol–water partition coefficient (Wildman–Crippen LogP) is 1.22. The standard InChI is InChI=1S/C14H23N3O4S/c1-21-8-7-17-11-12(10-15-17)16-14(18)6-9-22(19,20)13-4-2-3-5-13/h10-11,13H,2-9H2,1H3,(H,16,18). The van der Waals surface area contributed by atoms with Crippen LogP contribution in [0, 0.1) is 0 Å². The van der Waals surface area contributed by atoms with Crippen LogP contribution in [0.25, 0.3) is 0 Å². The number of rotatable bonds is 8. The lowest BCUT2D eigenvalue weighted by Crippen LogP contribution is -2.24. The van der Waals surface area contributed by atoms with Crippen LogP contribution in [-0.2, 0) is 25.9 Å². The highest BCUT2D eigenvalue weighted by atomic mass is 32.2. The molecular weight excluding hydrogens is 306 g/mol. The molecular formula is C14H23N3O4S. The predicted molar refractivity (Wildman–Crippen MR) is 83.4 cm³/mol. The average Bonchev–Trinajstić information content (AvgIpc) is 3.15. The number of nitrogens with zero attached hydrogens (tertiary/aromatic N) is 2. The Morgan fingerprint density at radius 1 is 1.45 bits per heavy atom. The number of hydrogen-bond acceptors (Lipinski definition) is 5. The molecule has 1 aromatic heterocycles. The molecule has 1 amide bonds. The number of ether oxygens (including phenoxy) is 1. The van der Waals surface area contributed by atoms with Crippen LogP contribution in [0.5, 0.6) is 0 Å². The van der Waals surface area contributed by atoms with E-state index in [1.807, 2.05) is 0 Å². The van der Waals surface area contributed by atoms with E-state index in [-0.39, 0.29) is 23.3 Å². The highest BCUT2D eigenvalue weighted by molar-refractivity contribution is 7.92. The third kappa shape index (κ3) is 4.81. The zero-order valence-corrected chi connectivity index (χ0v) is 13.6. The Morgan fingerprint density at radius 3 is 2.86 bits per heavy atom. The summed E-state index contributed by atoms with van der Waals surface area (Å²) in [7, 11) is -1.54. The van der Waals surface area contributed by atoms with Gasteiger partial charge in [0.05, 0.1) is 36.0 Å². The zero-order valence-electron chi connectivity index (χ0n) is 12.8. The van der Waals surface area contributed by atoms with Gasteiger partial charge in [0.1, 0.15) is 0 Å². The van der Waals surface area contributed by atoms with E-state index in [0.29, 0.717) is 18.8 Å². The molecule has 22 heavy (non-hydrogen) atoms. The number of amides is 1. The summed E-state index contributed by atoms with van der Waals surface area (Å²) in [4.78, 5) is 11.9. The van der Waals surface area contributed by atoms with Crippen molar-refractivity contribution in [2.24, 2.45) is 0 Å². The Hall–Kier alpha value is -1.41. The van der Waals surface area contributed by atoms with E-state index in [0.717, 1.165) is 25.7 Å². The number of carbonyl (C=O) groups excluding carboxylic acids is 1. The van der Waals surface area contributed by atoms with E-state index in [4.69, 9.17) is 4.74 Å². The number of sulfone groups is 1. The van der Waals surface area contributed by atoms with Gasteiger partial charge in [0, 0.05) is 19.7 Å². The molecule has 0 spiro atoms. The van der Waals surface area contributed by atoms with Crippen LogP contribution in [0.1, 0.15) is 32.1 Å². The number of methoxy groups -OCH3 is 1. The van der Waals surface area contributed by atoms with Crippen LogP contribution in [0.15, 0.2) is 12.4 Å². The van der Waals surface area contributed by atoms with Gasteiger partial charge < -0.3 is 10.1 Å². The molecule has 1 aliphatic rings. The Labute approximate surface area is 130 Å². The molecule has 124 valence electrons. The van der Waals surface area contributed by atoms with Gasteiger partial charge in [-0.25, -0.2) is 8.42 Å². The number of anilines is 1. The summed E-state index contributed by atoms with van der Waals surface area (Å²) in [6, 6.07) is 0. The molecule has 0 aromatic carbocycles. The maximum atomic E-state index is 12.1. The van der Waals surface area contributed by atoms with E-state index in [1.165, 1.54) is 0 Å². The van der Waals surface area contributed by atoms with Crippen LogP contribution in [0.2, 0.25) is 0 Å². The quantitative estimate of drug-likeness (QED) is 0.774. The molecule has 7 nitrogen and oxygen atoms in total. The van der Waals surface area contributed by atoms with Crippen LogP contribution < -0.4 is 5.32 Å². The van der Waals surface area contributed by atoms with Crippen molar-refractivity contribution in [2.45, 2.75) is 43.9 Å². The Balaban J connectivity index is 1.79. The van der Waals surface area contributed by atoms with E-state index in [1.54, 1.807) is 24.2 Å². The third-order valence-corrected chi connectivity index (χ3v) is 6.13. The maximum Gasteiger partial charge on any atom is 0.225 e. The summed E-state index contributed by atoms with van der Waals surface area (Å²) in [5.74, 6) is -0.380. The van der Waals surface area contributed by atoms with E-state index < -0.39 is 9.84 Å². The van der Waals surface area contributed by atoms with Crippen molar-refractivity contribution in [1.82, 2.24) is 9.78 Å². The first-order valence-electron chi connectivity index (χ1n) is 7.54. The van der Waals surface area contributed by atoms with Gasteiger partial charge in [-0.2, -0.15) is 5.10 Å². The first kappa shape index (κ1) is 17.0. The second-order valence-corrected chi connectivity index (χ2v) is 7.96. The Kier molecular flexibility index (Phi) is 5.96. The molecule has 2 rings (SSSR count). The minimum Gasteiger partial charge on any atom is -0.383 e. The molecule has 0 radical (unpaired) electrons. The van der Waals surface area contributed by atoms with E-state index in [9.17, 15) is 13.2 Å². The van der Waals surface area contributed by atoms with Gasteiger partial charge in [-0.1, -0.05) is 12.8 Å². The number of aromatic nitrogens is 2. The zero-order chi connectivity index (χ0) is 16.0. The SMILES string of the molecule is COCCn1cc(NC(=O)CCS(=O)(=O)C2CCCC2)cn1. The van der Waals surface area contributed by atoms with Crippen molar-refractivity contribution in [3.05, 3.63) is 12.4 Å². The van der Waals surface area contributed by atoms with Crippen molar-refractivity contribution in [1.29, 1.82) is 0 Å². The third-order valence-electron chi connectivity index (χ3n) is 3.87. The van der Waals surface area contributed by atoms with Crippen molar-refractivity contribution in [3.63, 3.8) is 0 Å². The topological polar surface area (TPSA) is 90.3 Å². The highest BCUT2D eigenvalue weighted by Gasteiger charge is 2.28. The largest absolute Gasteiger partial charge is 0.383 e. The average molecular weight is 329 g/mol. The van der Waals surface area contributed by atoms with Crippen LogP contribution in [-0.4, -0.2) is 48.8 Å². The molecule has 1 N–H and O–H groups in total. The van der Waals surface area contributed by atoms with Crippen molar-refractivity contribution >= 4 is 21.4 Å². The van der Waals surface area contributed by atoms with Gasteiger partial charge >= 0.3 is 0 Å². The van der Waals surface area contributed by atoms with Crippen LogP contribution in [0.3, 0.4) is 0 Å². The maximum absolute atomic E-state index is 12.1. The number of nitrogens with one attached hydrogen (secondary N) is 1.